The van der Waals surface area contributed by atoms with Crippen molar-refractivity contribution in [2.75, 3.05) is 0 Å². The Morgan fingerprint density at radius 2 is 1.74 bits per heavy atom. The van der Waals surface area contributed by atoms with Gasteiger partial charge in [-0.1, -0.05) is 60.8 Å². The van der Waals surface area contributed by atoms with Gasteiger partial charge < -0.3 is 10.1 Å². The van der Waals surface area contributed by atoms with Gasteiger partial charge in [-0.3, -0.25) is 0 Å². The highest BCUT2D eigenvalue weighted by atomic mass is 35.5. The molecule has 1 fully saturated rings. The second-order valence-electron chi connectivity index (χ2n) is 5.90. The van der Waals surface area contributed by atoms with Crippen LogP contribution in [0.25, 0.3) is 0 Å². The molecule has 2 aromatic rings. The summed E-state index contributed by atoms with van der Waals surface area (Å²) in [6.45, 7) is 1.42. The second kappa shape index (κ2) is 9.17. The number of nitrogens with one attached hydrogen (secondary N) is 1. The van der Waals surface area contributed by atoms with Crippen molar-refractivity contribution in [1.29, 1.82) is 0 Å². The number of ether oxygens (including phenoxy) is 1. The summed E-state index contributed by atoms with van der Waals surface area (Å²) < 4.78 is 5.80. The molecule has 3 rings (SSSR count). The van der Waals surface area contributed by atoms with Crippen LogP contribution < -0.4 is 10.1 Å². The Bertz CT molecular complexity index is 598. The molecule has 0 radical (unpaired) electrons. The molecule has 2 nitrogen and oxygen atoms in total. The Kier molecular flexibility index (Phi) is 7.22. The van der Waals surface area contributed by atoms with E-state index in [1.807, 2.05) is 42.5 Å². The van der Waals surface area contributed by atoms with Gasteiger partial charge in [0.05, 0.1) is 5.02 Å². The highest BCUT2D eigenvalue weighted by molar-refractivity contribution is 6.32. The summed E-state index contributed by atoms with van der Waals surface area (Å²) in [5, 5.41) is 4.29. The van der Waals surface area contributed by atoms with Crippen LogP contribution in [-0.4, -0.2) is 6.04 Å². The molecular formula is C19H23Cl2NO. The van der Waals surface area contributed by atoms with Gasteiger partial charge in [0, 0.05) is 12.6 Å². The molecule has 2 aromatic carbocycles. The summed E-state index contributed by atoms with van der Waals surface area (Å²) in [6, 6.07) is 16.9. The van der Waals surface area contributed by atoms with Crippen molar-refractivity contribution in [3.63, 3.8) is 0 Å². The van der Waals surface area contributed by atoms with Gasteiger partial charge in [0.15, 0.2) is 0 Å². The third kappa shape index (κ3) is 5.42. The summed E-state index contributed by atoms with van der Waals surface area (Å²) in [5.74, 6) is 0.745. The topological polar surface area (TPSA) is 21.3 Å². The average molecular weight is 352 g/mol. The van der Waals surface area contributed by atoms with Gasteiger partial charge in [-0.2, -0.15) is 0 Å². The second-order valence-corrected chi connectivity index (χ2v) is 6.31. The van der Waals surface area contributed by atoms with E-state index >= 15 is 0 Å². The van der Waals surface area contributed by atoms with Crippen molar-refractivity contribution in [1.82, 2.24) is 5.32 Å². The van der Waals surface area contributed by atoms with Crippen LogP contribution in [0.2, 0.25) is 5.02 Å². The number of hydrogen-bond donors (Lipinski definition) is 1. The summed E-state index contributed by atoms with van der Waals surface area (Å²) >= 11 is 6.34. The van der Waals surface area contributed by atoms with E-state index in [-0.39, 0.29) is 12.4 Å². The van der Waals surface area contributed by atoms with Crippen molar-refractivity contribution < 1.29 is 4.74 Å². The molecule has 4 heteroatoms. The molecule has 0 spiro atoms. The summed E-state index contributed by atoms with van der Waals surface area (Å²) in [6.07, 6.45) is 5.30. The summed E-state index contributed by atoms with van der Waals surface area (Å²) in [7, 11) is 0. The van der Waals surface area contributed by atoms with Crippen molar-refractivity contribution in [3.05, 3.63) is 64.7 Å². The fourth-order valence-electron chi connectivity index (χ4n) is 2.90. The molecule has 0 heterocycles. The normalized spacial score (nSPS) is 14.5. The Labute approximate surface area is 149 Å². The fraction of sp³-hybridized carbons (Fsp3) is 0.368. The Hall–Kier alpha value is -1.22. The van der Waals surface area contributed by atoms with Gasteiger partial charge >= 0.3 is 0 Å². The third-order valence-electron chi connectivity index (χ3n) is 4.18. The van der Waals surface area contributed by atoms with E-state index in [0.717, 1.165) is 17.9 Å². The number of benzene rings is 2. The van der Waals surface area contributed by atoms with Crippen LogP contribution in [0.4, 0.5) is 0 Å². The zero-order chi connectivity index (χ0) is 15.2. The Balaban J connectivity index is 0.00000192. The lowest BCUT2D eigenvalue weighted by atomic mass is 10.2. The van der Waals surface area contributed by atoms with E-state index < -0.39 is 0 Å². The maximum absolute atomic E-state index is 6.34. The predicted octanol–water partition coefficient (Wildman–Crippen LogP) is 5.37. The van der Waals surface area contributed by atoms with Crippen molar-refractivity contribution >= 4 is 24.0 Å². The van der Waals surface area contributed by atoms with E-state index in [0.29, 0.717) is 17.7 Å². The molecule has 0 atom stereocenters. The standard InChI is InChI=1S/C19H22ClNO.ClH/c20-18-12-16(13-21-17-8-4-5-9-17)10-11-19(18)22-14-15-6-2-1-3-7-15;/h1-3,6-7,10-12,17,21H,4-5,8-9,13-14H2;1H. The minimum Gasteiger partial charge on any atom is -0.487 e. The van der Waals surface area contributed by atoms with E-state index in [1.54, 1.807) is 0 Å². The Morgan fingerprint density at radius 3 is 2.43 bits per heavy atom. The largest absolute Gasteiger partial charge is 0.487 e. The van der Waals surface area contributed by atoms with E-state index in [2.05, 4.69) is 11.4 Å². The van der Waals surface area contributed by atoms with Gasteiger partial charge in [-0.25, -0.2) is 0 Å². The number of hydrogen-bond acceptors (Lipinski definition) is 2. The quantitative estimate of drug-likeness (QED) is 0.754. The molecule has 0 bridgehead atoms. The molecule has 1 aliphatic carbocycles. The maximum atomic E-state index is 6.34. The summed E-state index contributed by atoms with van der Waals surface area (Å²) in [4.78, 5) is 0. The lowest BCUT2D eigenvalue weighted by Crippen LogP contribution is -2.25. The van der Waals surface area contributed by atoms with Gasteiger partial charge in [0.1, 0.15) is 12.4 Å². The molecule has 0 saturated heterocycles. The number of rotatable bonds is 6. The number of halogens is 2. The molecule has 1 aliphatic rings. The molecular weight excluding hydrogens is 329 g/mol. The van der Waals surface area contributed by atoms with Crippen molar-refractivity contribution in [2.45, 2.75) is 44.9 Å². The van der Waals surface area contributed by atoms with Crippen LogP contribution in [0.1, 0.15) is 36.8 Å². The first kappa shape index (κ1) is 18.1. The van der Waals surface area contributed by atoms with E-state index in [4.69, 9.17) is 16.3 Å². The molecule has 0 aliphatic heterocycles. The first-order valence-electron chi connectivity index (χ1n) is 8.00. The van der Waals surface area contributed by atoms with Crippen LogP contribution in [0.3, 0.4) is 0 Å². The van der Waals surface area contributed by atoms with Crippen LogP contribution in [0.5, 0.6) is 5.75 Å². The third-order valence-corrected chi connectivity index (χ3v) is 4.48. The van der Waals surface area contributed by atoms with E-state index in [9.17, 15) is 0 Å². The summed E-state index contributed by atoms with van der Waals surface area (Å²) in [5.41, 5.74) is 2.36. The molecule has 0 amide bonds. The monoisotopic (exact) mass is 351 g/mol. The SMILES string of the molecule is Cl.Clc1cc(CNC2CCCC2)ccc1OCc1ccccc1. The predicted molar refractivity (Wildman–Crippen MR) is 98.6 cm³/mol. The van der Waals surface area contributed by atoms with Gasteiger partial charge in [0.25, 0.3) is 0 Å². The van der Waals surface area contributed by atoms with Gasteiger partial charge in [-0.05, 0) is 36.1 Å². The molecule has 1 N–H and O–H groups in total. The van der Waals surface area contributed by atoms with Crippen LogP contribution in [0, 0.1) is 0 Å². The molecule has 23 heavy (non-hydrogen) atoms. The molecule has 1 saturated carbocycles. The van der Waals surface area contributed by atoms with Crippen molar-refractivity contribution in [2.24, 2.45) is 0 Å². The van der Waals surface area contributed by atoms with Gasteiger partial charge in [-0.15, -0.1) is 12.4 Å². The lowest BCUT2D eigenvalue weighted by molar-refractivity contribution is 0.306. The zero-order valence-corrected chi connectivity index (χ0v) is 14.7. The zero-order valence-electron chi connectivity index (χ0n) is 13.1. The highest BCUT2D eigenvalue weighted by Crippen LogP contribution is 2.26. The maximum Gasteiger partial charge on any atom is 0.138 e. The smallest absolute Gasteiger partial charge is 0.138 e. The minimum atomic E-state index is 0. The van der Waals surface area contributed by atoms with Crippen molar-refractivity contribution in [3.8, 4) is 5.75 Å². The minimum absolute atomic E-state index is 0. The Morgan fingerprint density at radius 1 is 1.00 bits per heavy atom. The first-order valence-corrected chi connectivity index (χ1v) is 8.37. The first-order chi connectivity index (χ1) is 10.8. The van der Waals surface area contributed by atoms with Gasteiger partial charge in [0.2, 0.25) is 0 Å². The molecule has 0 unspecified atom stereocenters. The fourth-order valence-corrected chi connectivity index (χ4v) is 3.16. The average Bonchev–Trinajstić information content (AvgIpc) is 3.06. The van der Waals surface area contributed by atoms with Crippen LogP contribution >= 0.6 is 24.0 Å². The lowest BCUT2D eigenvalue weighted by Gasteiger charge is -2.13. The molecule has 0 aromatic heterocycles. The molecule has 124 valence electrons. The van der Waals surface area contributed by atoms with Crippen LogP contribution in [-0.2, 0) is 13.2 Å². The highest BCUT2D eigenvalue weighted by Gasteiger charge is 2.14. The van der Waals surface area contributed by atoms with E-state index in [1.165, 1.54) is 31.2 Å². The van der Waals surface area contributed by atoms with Crippen LogP contribution in [0.15, 0.2) is 48.5 Å².